The zero-order valence-corrected chi connectivity index (χ0v) is 17.8. The van der Waals surface area contributed by atoms with Crippen LogP contribution in [0.25, 0.3) is 0 Å². The normalized spacial score (nSPS) is 15.7. The lowest BCUT2D eigenvalue weighted by Crippen LogP contribution is -2.63. The van der Waals surface area contributed by atoms with Gasteiger partial charge in [0.15, 0.2) is 0 Å². The van der Waals surface area contributed by atoms with Crippen LogP contribution >= 0.6 is 12.4 Å². The van der Waals surface area contributed by atoms with Gasteiger partial charge in [-0.2, -0.15) is 0 Å². The summed E-state index contributed by atoms with van der Waals surface area (Å²) >= 11 is 0. The molecule has 0 amide bonds. The maximum atomic E-state index is 6.55. The van der Waals surface area contributed by atoms with E-state index in [9.17, 15) is 0 Å². The molecule has 21 heavy (non-hydrogen) atoms. The highest BCUT2D eigenvalue weighted by Gasteiger charge is 2.60. The van der Waals surface area contributed by atoms with Gasteiger partial charge in [0.1, 0.15) is 0 Å². The first-order valence-corrected chi connectivity index (χ1v) is 8.04. The highest BCUT2D eigenvalue weighted by Crippen LogP contribution is 2.65. The van der Waals surface area contributed by atoms with E-state index in [1.54, 1.807) is 0 Å². The molecule has 0 saturated carbocycles. The zero-order valence-electron chi connectivity index (χ0n) is 17.0. The van der Waals surface area contributed by atoms with Gasteiger partial charge in [0, 0.05) is 5.54 Å². The molecular formula is C19H42ClN. The number of hydrogen-bond donors (Lipinski definition) is 1. The highest BCUT2D eigenvalue weighted by molar-refractivity contribution is 5.85. The first-order chi connectivity index (χ1) is 8.25. The fraction of sp³-hybridized carbons (Fsp3) is 1.00. The van der Waals surface area contributed by atoms with Crippen molar-refractivity contribution in [2.75, 3.05) is 0 Å². The van der Waals surface area contributed by atoms with E-state index in [1.165, 1.54) is 0 Å². The topological polar surface area (TPSA) is 26.0 Å². The van der Waals surface area contributed by atoms with E-state index >= 15 is 0 Å². The Morgan fingerprint density at radius 3 is 0.857 bits per heavy atom. The summed E-state index contributed by atoms with van der Waals surface area (Å²) < 4.78 is 0. The van der Waals surface area contributed by atoms with Crippen molar-refractivity contribution >= 4 is 12.4 Å². The van der Waals surface area contributed by atoms with Gasteiger partial charge in [-0.3, -0.25) is 0 Å². The van der Waals surface area contributed by atoms with Gasteiger partial charge in [0.05, 0.1) is 0 Å². The van der Waals surface area contributed by atoms with E-state index in [2.05, 4.69) is 90.0 Å². The van der Waals surface area contributed by atoms with Gasteiger partial charge in [-0.25, -0.2) is 0 Å². The molecule has 0 bridgehead atoms. The van der Waals surface area contributed by atoms with Crippen molar-refractivity contribution in [3.05, 3.63) is 0 Å². The SMILES string of the molecule is CC(C)(C)C(C)(C)C(C)(C)C(C)(C)C(C)(C)C(C)(C)N.Cl. The second-order valence-corrected chi connectivity index (χ2v) is 10.5. The van der Waals surface area contributed by atoms with Gasteiger partial charge in [-0.05, 0) is 40.9 Å². The average Bonchev–Trinajstić information content (AvgIpc) is 2.12. The van der Waals surface area contributed by atoms with Crippen molar-refractivity contribution in [1.29, 1.82) is 0 Å². The monoisotopic (exact) mass is 319 g/mol. The van der Waals surface area contributed by atoms with E-state index in [4.69, 9.17) is 5.73 Å². The second-order valence-electron chi connectivity index (χ2n) is 10.5. The lowest BCUT2D eigenvalue weighted by molar-refractivity contribution is -0.153. The lowest BCUT2D eigenvalue weighted by Gasteiger charge is -2.65. The summed E-state index contributed by atoms with van der Waals surface area (Å²) in [6, 6.07) is 0. The van der Waals surface area contributed by atoms with Crippen LogP contribution in [-0.2, 0) is 0 Å². The molecule has 0 rings (SSSR count). The van der Waals surface area contributed by atoms with Gasteiger partial charge in [-0.1, -0.05) is 76.2 Å². The molecule has 0 aromatic rings. The third-order valence-corrected chi connectivity index (χ3v) is 8.17. The summed E-state index contributed by atoms with van der Waals surface area (Å²) in [6.07, 6.45) is 0. The summed E-state index contributed by atoms with van der Waals surface area (Å²) in [7, 11) is 0. The van der Waals surface area contributed by atoms with Crippen LogP contribution in [0.1, 0.15) is 90.0 Å². The maximum absolute atomic E-state index is 6.55. The van der Waals surface area contributed by atoms with Gasteiger partial charge in [-0.15, -0.1) is 12.4 Å². The molecule has 0 saturated heterocycles. The molecule has 0 unspecified atom stereocenters. The molecular weight excluding hydrogens is 278 g/mol. The van der Waals surface area contributed by atoms with Crippen LogP contribution in [0.15, 0.2) is 0 Å². The van der Waals surface area contributed by atoms with Crippen molar-refractivity contribution in [3.63, 3.8) is 0 Å². The molecule has 2 heteroatoms. The molecule has 130 valence electrons. The van der Waals surface area contributed by atoms with Crippen LogP contribution in [0.3, 0.4) is 0 Å². The summed E-state index contributed by atoms with van der Waals surface area (Å²) in [5.41, 5.74) is 7.00. The van der Waals surface area contributed by atoms with E-state index in [0.717, 1.165) is 0 Å². The minimum Gasteiger partial charge on any atom is -0.325 e. The largest absolute Gasteiger partial charge is 0.325 e. The Hall–Kier alpha value is 0.250. The van der Waals surface area contributed by atoms with Crippen molar-refractivity contribution in [3.8, 4) is 0 Å². The van der Waals surface area contributed by atoms with E-state index < -0.39 is 0 Å². The standard InChI is InChI=1S/C19H41N.ClH/c1-14(2,3)15(4,5)16(6,7)17(8,9)18(10,11)19(12,13)20;/h20H2,1-13H3;1H. The molecule has 0 atom stereocenters. The van der Waals surface area contributed by atoms with Gasteiger partial charge in [0.2, 0.25) is 0 Å². The molecule has 0 aromatic heterocycles. The third kappa shape index (κ3) is 3.29. The Kier molecular flexibility index (Phi) is 6.39. The molecule has 0 spiro atoms. The Morgan fingerprint density at radius 1 is 0.429 bits per heavy atom. The summed E-state index contributed by atoms with van der Waals surface area (Å²) in [6.45, 7) is 30.5. The van der Waals surface area contributed by atoms with Crippen molar-refractivity contribution in [1.82, 2.24) is 0 Å². The minimum atomic E-state index is -0.221. The molecule has 1 nitrogen and oxygen atoms in total. The van der Waals surface area contributed by atoms with Crippen molar-refractivity contribution < 1.29 is 0 Å². The molecule has 2 N–H and O–H groups in total. The van der Waals surface area contributed by atoms with Gasteiger partial charge < -0.3 is 5.73 Å². The first-order valence-electron chi connectivity index (χ1n) is 8.04. The van der Waals surface area contributed by atoms with E-state index in [1.807, 2.05) is 0 Å². The molecule has 0 fully saturated rings. The van der Waals surface area contributed by atoms with Crippen LogP contribution in [-0.4, -0.2) is 5.54 Å². The molecule has 0 radical (unpaired) electrons. The number of rotatable bonds is 4. The molecule has 0 aromatic carbocycles. The second kappa shape index (κ2) is 5.71. The fourth-order valence-corrected chi connectivity index (χ4v) is 3.31. The quantitative estimate of drug-likeness (QED) is 0.646. The van der Waals surface area contributed by atoms with Crippen LogP contribution < -0.4 is 5.73 Å². The van der Waals surface area contributed by atoms with Crippen LogP contribution in [0, 0.1) is 27.1 Å². The predicted molar refractivity (Wildman–Crippen MR) is 100 cm³/mol. The fourth-order valence-electron chi connectivity index (χ4n) is 3.31. The van der Waals surface area contributed by atoms with Crippen LogP contribution in [0.4, 0.5) is 0 Å². The molecule has 0 aliphatic rings. The van der Waals surface area contributed by atoms with E-state index in [-0.39, 0.29) is 45.0 Å². The molecule has 0 aliphatic heterocycles. The van der Waals surface area contributed by atoms with Crippen molar-refractivity contribution in [2.45, 2.75) is 95.5 Å². The molecule has 0 aliphatic carbocycles. The smallest absolute Gasteiger partial charge is 0.0154 e. The van der Waals surface area contributed by atoms with Crippen molar-refractivity contribution in [2.24, 2.45) is 32.8 Å². The van der Waals surface area contributed by atoms with Gasteiger partial charge in [0.25, 0.3) is 0 Å². The summed E-state index contributed by atoms with van der Waals surface area (Å²) in [5, 5.41) is 0. The lowest BCUT2D eigenvalue weighted by atomic mass is 9.40. The minimum absolute atomic E-state index is 0. The Labute approximate surface area is 141 Å². The maximum Gasteiger partial charge on any atom is 0.0154 e. The molecule has 0 heterocycles. The highest BCUT2D eigenvalue weighted by atomic mass is 35.5. The Bertz CT molecular complexity index is 313. The number of hydrogen-bond acceptors (Lipinski definition) is 1. The predicted octanol–water partition coefficient (Wildman–Crippen LogP) is 6.30. The average molecular weight is 320 g/mol. The van der Waals surface area contributed by atoms with E-state index in [0.29, 0.717) is 0 Å². The third-order valence-electron chi connectivity index (χ3n) is 8.17. The van der Waals surface area contributed by atoms with Crippen LogP contribution in [0.2, 0.25) is 0 Å². The first kappa shape index (κ1) is 23.5. The summed E-state index contributed by atoms with van der Waals surface area (Å²) in [5.74, 6) is 0. The Morgan fingerprint density at radius 2 is 0.667 bits per heavy atom. The summed E-state index contributed by atoms with van der Waals surface area (Å²) in [4.78, 5) is 0. The number of nitrogens with two attached hydrogens (primary N) is 1. The van der Waals surface area contributed by atoms with Crippen LogP contribution in [0.5, 0.6) is 0 Å². The zero-order chi connectivity index (χ0) is 17.0. The Balaban J connectivity index is 0. The van der Waals surface area contributed by atoms with Gasteiger partial charge >= 0.3 is 0 Å². The number of halogens is 1.